The molecule has 0 aromatic heterocycles. The monoisotopic (exact) mass is 237 g/mol. The van der Waals surface area contributed by atoms with Crippen molar-refractivity contribution in [3.63, 3.8) is 0 Å². The Morgan fingerprint density at radius 3 is 2.43 bits per heavy atom. The fourth-order valence-electron chi connectivity index (χ4n) is 1.94. The van der Waals surface area contributed by atoms with Crippen LogP contribution >= 0.6 is 11.8 Å². The second-order valence-corrected chi connectivity index (χ2v) is 7.19. The molecule has 0 aliphatic carbocycles. The first kappa shape index (κ1) is 10.7. The normalized spacial score (nSPS) is 28.4. The lowest BCUT2D eigenvalue weighted by atomic mass is 10.1. The van der Waals surface area contributed by atoms with Gasteiger partial charge in [-0.25, -0.2) is 12.7 Å². The summed E-state index contributed by atoms with van der Waals surface area (Å²) in [6.07, 6.45) is 2.92. The van der Waals surface area contributed by atoms with Crippen molar-refractivity contribution in [3.05, 3.63) is 0 Å². The van der Waals surface area contributed by atoms with Crippen LogP contribution in [0.3, 0.4) is 0 Å². The first-order valence-electron chi connectivity index (χ1n) is 4.75. The Morgan fingerprint density at radius 2 is 2.00 bits per heavy atom. The van der Waals surface area contributed by atoms with Crippen LogP contribution in [0.25, 0.3) is 0 Å². The van der Waals surface area contributed by atoms with Gasteiger partial charge in [-0.15, -0.1) is 11.8 Å². The van der Waals surface area contributed by atoms with Gasteiger partial charge in [0.25, 0.3) is 0 Å². The van der Waals surface area contributed by atoms with Crippen LogP contribution < -0.4 is 0 Å². The smallest absolute Gasteiger partial charge is 0.211 e. The Hall–Kier alpha value is 0.220. The number of hydrogen-bond acceptors (Lipinski definition) is 4. The van der Waals surface area contributed by atoms with Crippen molar-refractivity contribution >= 4 is 21.8 Å². The van der Waals surface area contributed by atoms with Gasteiger partial charge in [0.05, 0.1) is 12.9 Å². The molecule has 0 atom stereocenters. The minimum absolute atomic E-state index is 0.0683. The maximum Gasteiger partial charge on any atom is 0.211 e. The molecular formula is C8H15NO3S2. The van der Waals surface area contributed by atoms with E-state index in [9.17, 15) is 8.42 Å². The standard InChI is InChI=1S/C8H15NO3S2/c1-14(10,11)9-4-2-8(3-5-9)12-6-7-13-8/h2-7H2,1H3. The lowest BCUT2D eigenvalue weighted by Gasteiger charge is -2.36. The highest BCUT2D eigenvalue weighted by Crippen LogP contribution is 2.41. The number of hydrogen-bond donors (Lipinski definition) is 0. The van der Waals surface area contributed by atoms with E-state index in [0.29, 0.717) is 13.1 Å². The van der Waals surface area contributed by atoms with Crippen LogP contribution in [-0.2, 0) is 14.8 Å². The van der Waals surface area contributed by atoms with Crippen LogP contribution in [-0.4, -0.2) is 49.4 Å². The largest absolute Gasteiger partial charge is 0.363 e. The van der Waals surface area contributed by atoms with Gasteiger partial charge in [0.2, 0.25) is 10.0 Å². The minimum atomic E-state index is -3.00. The molecule has 1 spiro atoms. The fourth-order valence-corrected chi connectivity index (χ4v) is 3.97. The van der Waals surface area contributed by atoms with Crippen molar-refractivity contribution in [2.45, 2.75) is 17.8 Å². The molecule has 0 bridgehead atoms. The first-order valence-corrected chi connectivity index (χ1v) is 7.58. The van der Waals surface area contributed by atoms with Gasteiger partial charge in [0.1, 0.15) is 4.93 Å². The average molecular weight is 237 g/mol. The first-order chi connectivity index (χ1) is 6.52. The molecule has 82 valence electrons. The van der Waals surface area contributed by atoms with Crippen LogP contribution in [0, 0.1) is 0 Å². The molecule has 0 saturated carbocycles. The molecule has 0 radical (unpaired) electrons. The molecule has 2 saturated heterocycles. The Kier molecular flexibility index (Phi) is 2.81. The zero-order valence-electron chi connectivity index (χ0n) is 8.23. The highest BCUT2D eigenvalue weighted by Gasteiger charge is 2.40. The van der Waals surface area contributed by atoms with Crippen LogP contribution in [0.15, 0.2) is 0 Å². The second-order valence-electron chi connectivity index (χ2n) is 3.77. The summed E-state index contributed by atoms with van der Waals surface area (Å²) in [5.41, 5.74) is 0. The van der Waals surface area contributed by atoms with E-state index in [1.165, 1.54) is 6.26 Å². The van der Waals surface area contributed by atoms with E-state index in [0.717, 1.165) is 25.2 Å². The Morgan fingerprint density at radius 1 is 1.36 bits per heavy atom. The van der Waals surface area contributed by atoms with E-state index in [1.807, 2.05) is 11.8 Å². The van der Waals surface area contributed by atoms with Crippen molar-refractivity contribution in [3.8, 4) is 0 Å². The third-order valence-corrected chi connectivity index (χ3v) is 5.49. The number of sulfonamides is 1. The van der Waals surface area contributed by atoms with Crippen molar-refractivity contribution in [1.82, 2.24) is 4.31 Å². The summed E-state index contributed by atoms with van der Waals surface area (Å²) in [7, 11) is -3.00. The highest BCUT2D eigenvalue weighted by molar-refractivity contribution is 8.00. The van der Waals surface area contributed by atoms with Gasteiger partial charge in [0, 0.05) is 18.8 Å². The summed E-state index contributed by atoms with van der Waals surface area (Å²) in [5, 5.41) is 0. The van der Waals surface area contributed by atoms with Gasteiger partial charge in [-0.05, 0) is 12.8 Å². The zero-order valence-corrected chi connectivity index (χ0v) is 9.86. The summed E-state index contributed by atoms with van der Waals surface area (Å²) in [4.78, 5) is -0.0683. The number of ether oxygens (including phenoxy) is 1. The summed E-state index contributed by atoms with van der Waals surface area (Å²) in [6, 6.07) is 0. The average Bonchev–Trinajstić information content (AvgIpc) is 2.53. The number of thioether (sulfide) groups is 1. The van der Waals surface area contributed by atoms with Gasteiger partial charge in [-0.2, -0.15) is 0 Å². The molecule has 2 aliphatic heterocycles. The molecule has 2 fully saturated rings. The van der Waals surface area contributed by atoms with Crippen LogP contribution in [0.2, 0.25) is 0 Å². The molecule has 0 amide bonds. The summed E-state index contributed by atoms with van der Waals surface area (Å²) >= 11 is 1.83. The fraction of sp³-hybridized carbons (Fsp3) is 1.00. The predicted octanol–water partition coefficient (Wildman–Crippen LogP) is 0.502. The van der Waals surface area contributed by atoms with Gasteiger partial charge in [-0.1, -0.05) is 0 Å². The third-order valence-electron chi connectivity index (χ3n) is 2.77. The summed E-state index contributed by atoms with van der Waals surface area (Å²) in [5.74, 6) is 1.04. The van der Waals surface area contributed by atoms with Gasteiger partial charge in [0.15, 0.2) is 0 Å². The van der Waals surface area contributed by atoms with E-state index in [2.05, 4.69) is 0 Å². The topological polar surface area (TPSA) is 46.6 Å². The molecule has 14 heavy (non-hydrogen) atoms. The SMILES string of the molecule is CS(=O)(=O)N1CCC2(CC1)OCCS2. The maximum absolute atomic E-state index is 11.3. The number of nitrogens with zero attached hydrogens (tertiary/aromatic N) is 1. The molecule has 0 N–H and O–H groups in total. The van der Waals surface area contributed by atoms with Gasteiger partial charge >= 0.3 is 0 Å². The molecule has 2 heterocycles. The van der Waals surface area contributed by atoms with Crippen molar-refractivity contribution < 1.29 is 13.2 Å². The summed E-state index contributed by atoms with van der Waals surface area (Å²) in [6.45, 7) is 2.02. The van der Waals surface area contributed by atoms with E-state index < -0.39 is 10.0 Å². The highest BCUT2D eigenvalue weighted by atomic mass is 32.2. The maximum atomic E-state index is 11.3. The number of piperidine rings is 1. The molecule has 4 nitrogen and oxygen atoms in total. The van der Waals surface area contributed by atoms with Crippen LogP contribution in [0.5, 0.6) is 0 Å². The molecule has 6 heteroatoms. The van der Waals surface area contributed by atoms with E-state index in [1.54, 1.807) is 4.31 Å². The Balaban J connectivity index is 1.98. The van der Waals surface area contributed by atoms with E-state index in [-0.39, 0.29) is 4.93 Å². The van der Waals surface area contributed by atoms with Crippen LogP contribution in [0.4, 0.5) is 0 Å². The molecule has 2 aliphatic rings. The molecular weight excluding hydrogens is 222 g/mol. The summed E-state index contributed by atoms with van der Waals surface area (Å²) < 4.78 is 29.8. The number of rotatable bonds is 1. The lowest BCUT2D eigenvalue weighted by Crippen LogP contribution is -2.44. The molecule has 0 aromatic rings. The molecule has 2 rings (SSSR count). The van der Waals surface area contributed by atoms with Crippen LogP contribution in [0.1, 0.15) is 12.8 Å². The zero-order chi connectivity index (χ0) is 10.2. The Bertz CT molecular complexity index is 299. The lowest BCUT2D eigenvalue weighted by molar-refractivity contribution is 0.0163. The molecule has 0 aromatic carbocycles. The molecule has 0 unspecified atom stereocenters. The minimum Gasteiger partial charge on any atom is -0.363 e. The van der Waals surface area contributed by atoms with Crippen molar-refractivity contribution in [2.24, 2.45) is 0 Å². The van der Waals surface area contributed by atoms with Crippen molar-refractivity contribution in [2.75, 3.05) is 31.7 Å². The second kappa shape index (κ2) is 3.66. The van der Waals surface area contributed by atoms with Gasteiger partial charge in [-0.3, -0.25) is 0 Å². The predicted molar refractivity (Wildman–Crippen MR) is 56.8 cm³/mol. The third kappa shape index (κ3) is 2.08. The van der Waals surface area contributed by atoms with Gasteiger partial charge < -0.3 is 4.74 Å². The van der Waals surface area contributed by atoms with E-state index >= 15 is 0 Å². The quantitative estimate of drug-likeness (QED) is 0.666. The Labute approximate surface area is 89.0 Å². The van der Waals surface area contributed by atoms with Crippen molar-refractivity contribution in [1.29, 1.82) is 0 Å². The van der Waals surface area contributed by atoms with E-state index in [4.69, 9.17) is 4.74 Å².